The van der Waals surface area contributed by atoms with Crippen LogP contribution < -0.4 is 0 Å². The fourth-order valence-electron chi connectivity index (χ4n) is 2.80. The van der Waals surface area contributed by atoms with E-state index < -0.39 is 41.7 Å². The molecule has 9 heteroatoms. The van der Waals surface area contributed by atoms with Crippen molar-refractivity contribution in [2.75, 3.05) is 0 Å². The van der Waals surface area contributed by atoms with Gasteiger partial charge in [0, 0.05) is 5.92 Å². The summed E-state index contributed by atoms with van der Waals surface area (Å²) in [7, 11) is 0. The molecule has 2 radical (unpaired) electrons. The smallest absolute Gasteiger partial charge is 0.217 e. The second kappa shape index (κ2) is 5.22. The summed E-state index contributed by atoms with van der Waals surface area (Å²) in [4.78, 5) is 0. The molecule has 3 unspecified atom stereocenters. The zero-order valence-corrected chi connectivity index (χ0v) is 10.8. The first-order valence-electron chi connectivity index (χ1n) is 6.04. The fraction of sp³-hybridized carbons (Fsp3) is 0.833. The summed E-state index contributed by atoms with van der Waals surface area (Å²) in [6.45, 7) is 4.28. The number of hydrogen-bond acceptors (Lipinski definition) is 0. The van der Waals surface area contributed by atoms with Crippen LogP contribution in [0.4, 0.5) is 39.5 Å². The lowest BCUT2D eigenvalue weighted by Gasteiger charge is -2.42. The largest absolute Gasteiger partial charge is 0.437 e. The van der Waals surface area contributed by atoms with Gasteiger partial charge in [0.1, 0.15) is 0 Å². The van der Waals surface area contributed by atoms with Crippen molar-refractivity contribution in [3.8, 4) is 0 Å². The summed E-state index contributed by atoms with van der Waals surface area (Å²) in [6, 6.07) is 0. The Hall–Kier alpha value is -0.630. The van der Waals surface area contributed by atoms with Gasteiger partial charge < -0.3 is 0 Å². The maximum Gasteiger partial charge on any atom is 0.437 e. The van der Waals surface area contributed by atoms with Crippen molar-refractivity contribution in [3.05, 3.63) is 13.3 Å². The molecule has 1 aliphatic rings. The number of rotatable bonds is 3. The molecule has 21 heavy (non-hydrogen) atoms. The molecule has 0 saturated heterocycles. The zero-order valence-electron chi connectivity index (χ0n) is 10.8. The second-order valence-corrected chi connectivity index (χ2v) is 5.18. The van der Waals surface area contributed by atoms with Crippen LogP contribution in [0, 0.1) is 31.1 Å². The third-order valence-electron chi connectivity index (χ3n) is 3.91. The Kier molecular flexibility index (Phi) is 4.58. The first-order valence-corrected chi connectivity index (χ1v) is 6.04. The lowest BCUT2D eigenvalue weighted by molar-refractivity contribution is -0.407. The van der Waals surface area contributed by atoms with E-state index in [0.717, 1.165) is 6.92 Å². The zero-order chi connectivity index (χ0) is 16.9. The van der Waals surface area contributed by atoms with Gasteiger partial charge >= 0.3 is 23.9 Å². The molecule has 0 nitrogen and oxygen atoms in total. The highest BCUT2D eigenvalue weighted by Gasteiger charge is 2.86. The standard InChI is InChI=1S/C12H13F9/c1-3-7-5-4-6(2)8(7)9(13,14)10(15,11(16,17)18)12(19,20)21/h4,6-8H,1,3,5H2,2H3. The van der Waals surface area contributed by atoms with Crippen molar-refractivity contribution in [1.82, 2.24) is 0 Å². The average molecular weight is 328 g/mol. The number of alkyl halides is 9. The monoisotopic (exact) mass is 328 g/mol. The third-order valence-corrected chi connectivity index (χ3v) is 3.91. The summed E-state index contributed by atoms with van der Waals surface area (Å²) < 4.78 is 117. The second-order valence-electron chi connectivity index (χ2n) is 5.18. The third kappa shape index (κ3) is 2.60. The van der Waals surface area contributed by atoms with Gasteiger partial charge in [-0.05, 0) is 31.1 Å². The van der Waals surface area contributed by atoms with E-state index in [9.17, 15) is 39.5 Å². The van der Waals surface area contributed by atoms with Gasteiger partial charge in [0.05, 0.1) is 0 Å². The van der Waals surface area contributed by atoms with Crippen LogP contribution in [-0.4, -0.2) is 23.9 Å². The Morgan fingerprint density at radius 2 is 1.38 bits per heavy atom. The van der Waals surface area contributed by atoms with Gasteiger partial charge in [0.15, 0.2) is 0 Å². The van der Waals surface area contributed by atoms with Crippen molar-refractivity contribution in [1.29, 1.82) is 0 Å². The highest BCUT2D eigenvalue weighted by molar-refractivity contribution is 5.13. The average Bonchev–Trinajstić information content (AvgIpc) is 2.66. The predicted molar refractivity (Wildman–Crippen MR) is 55.9 cm³/mol. The molecule has 0 heterocycles. The summed E-state index contributed by atoms with van der Waals surface area (Å²) in [5.41, 5.74) is -6.59. The van der Waals surface area contributed by atoms with E-state index in [0.29, 0.717) is 0 Å². The Bertz CT molecular complexity index is 354. The molecule has 1 rings (SSSR count). The molecule has 0 aromatic heterocycles. The van der Waals surface area contributed by atoms with Gasteiger partial charge in [-0.3, -0.25) is 0 Å². The molecule has 3 atom stereocenters. The molecule has 0 amide bonds. The maximum atomic E-state index is 14.0. The van der Waals surface area contributed by atoms with Crippen LogP contribution in [0.25, 0.3) is 0 Å². The molecule has 0 spiro atoms. The maximum absolute atomic E-state index is 14.0. The predicted octanol–water partition coefficient (Wildman–Crippen LogP) is 5.16. The Labute approximate surface area is 115 Å². The van der Waals surface area contributed by atoms with Crippen LogP contribution in [0.5, 0.6) is 0 Å². The first kappa shape index (κ1) is 18.4. The van der Waals surface area contributed by atoms with E-state index >= 15 is 0 Å². The van der Waals surface area contributed by atoms with Gasteiger partial charge in [0.25, 0.3) is 0 Å². The molecule has 0 N–H and O–H groups in total. The minimum atomic E-state index is -6.78. The molecule has 124 valence electrons. The molecule has 0 aromatic rings. The van der Waals surface area contributed by atoms with E-state index in [2.05, 4.69) is 6.92 Å². The molecular formula is C12H13F9. The van der Waals surface area contributed by atoms with Gasteiger partial charge in [-0.1, -0.05) is 13.8 Å². The van der Waals surface area contributed by atoms with E-state index in [1.807, 2.05) is 0 Å². The normalized spacial score (nSPS) is 29.0. The highest BCUT2D eigenvalue weighted by Crippen LogP contribution is 2.61. The van der Waals surface area contributed by atoms with Crippen molar-refractivity contribution < 1.29 is 39.5 Å². The lowest BCUT2D eigenvalue weighted by atomic mass is 9.76. The van der Waals surface area contributed by atoms with E-state index in [1.165, 1.54) is 6.42 Å². The summed E-state index contributed by atoms with van der Waals surface area (Å²) in [6.07, 6.45) is -12.8. The highest BCUT2D eigenvalue weighted by atomic mass is 19.4. The van der Waals surface area contributed by atoms with Gasteiger partial charge in [-0.15, -0.1) is 0 Å². The molecular weight excluding hydrogens is 315 g/mol. The fourth-order valence-corrected chi connectivity index (χ4v) is 2.80. The van der Waals surface area contributed by atoms with Gasteiger partial charge in [-0.25, -0.2) is 13.2 Å². The van der Waals surface area contributed by atoms with Gasteiger partial charge in [0.2, 0.25) is 0 Å². The molecule has 0 bridgehead atoms. The number of hydrogen-bond donors (Lipinski definition) is 0. The minimum absolute atomic E-state index is 0.128. The minimum Gasteiger partial charge on any atom is -0.217 e. The molecule has 0 aliphatic heterocycles. The van der Waals surface area contributed by atoms with E-state index in [1.54, 1.807) is 0 Å². The van der Waals surface area contributed by atoms with E-state index in [4.69, 9.17) is 0 Å². The first-order chi connectivity index (χ1) is 9.21. The lowest BCUT2D eigenvalue weighted by Crippen LogP contribution is -2.67. The molecule has 1 aliphatic carbocycles. The van der Waals surface area contributed by atoms with Crippen molar-refractivity contribution in [3.63, 3.8) is 0 Å². The van der Waals surface area contributed by atoms with Crippen LogP contribution in [0.1, 0.15) is 19.8 Å². The van der Waals surface area contributed by atoms with Crippen LogP contribution in [0.3, 0.4) is 0 Å². The molecule has 1 fully saturated rings. The Morgan fingerprint density at radius 3 is 1.71 bits per heavy atom. The quantitative estimate of drug-likeness (QED) is 0.628. The van der Waals surface area contributed by atoms with Crippen LogP contribution in [0.2, 0.25) is 0 Å². The van der Waals surface area contributed by atoms with Crippen LogP contribution in [0.15, 0.2) is 0 Å². The Balaban J connectivity index is 3.42. The SMILES string of the molecule is [CH2]CC1C[CH]C(C)C1C(F)(F)C(F)(C(F)(F)F)C(F)(F)F. The summed E-state index contributed by atoms with van der Waals surface area (Å²) in [5.74, 6) is -10.6. The van der Waals surface area contributed by atoms with Crippen LogP contribution in [-0.2, 0) is 0 Å². The van der Waals surface area contributed by atoms with Crippen molar-refractivity contribution in [2.24, 2.45) is 17.8 Å². The van der Waals surface area contributed by atoms with Gasteiger partial charge in [-0.2, -0.15) is 26.3 Å². The van der Waals surface area contributed by atoms with Crippen LogP contribution >= 0.6 is 0 Å². The summed E-state index contributed by atoms with van der Waals surface area (Å²) in [5, 5.41) is 0. The van der Waals surface area contributed by atoms with E-state index in [-0.39, 0.29) is 12.8 Å². The van der Waals surface area contributed by atoms with Crippen molar-refractivity contribution in [2.45, 2.75) is 43.7 Å². The Morgan fingerprint density at radius 1 is 0.952 bits per heavy atom. The van der Waals surface area contributed by atoms with Crippen molar-refractivity contribution >= 4 is 0 Å². The molecule has 0 aromatic carbocycles. The number of halogens is 9. The topological polar surface area (TPSA) is 0 Å². The molecule has 1 saturated carbocycles. The summed E-state index contributed by atoms with van der Waals surface area (Å²) >= 11 is 0.